The van der Waals surface area contributed by atoms with Crippen LogP contribution in [0.4, 0.5) is 8.78 Å². The van der Waals surface area contributed by atoms with Crippen LogP contribution in [-0.2, 0) is 25.0 Å². The fourth-order valence-electron chi connectivity index (χ4n) is 5.88. The van der Waals surface area contributed by atoms with Gasteiger partial charge in [-0.25, -0.2) is 0 Å². The molecule has 1 spiro atoms. The number of rotatable bonds is 7. The molecule has 2 aromatic carbocycles. The SMILES string of the molecule is C[C@@H](NC(=O)[C@@H]1CC2(CN1C(=O)CNC(=O)c1ccc3c(c1)-c1ccccc1C3(F)F)OCCO2)c1cc(C(=N)NO)cs1. The molecule has 0 bridgehead atoms. The lowest BCUT2D eigenvalue weighted by atomic mass is 10.0. The van der Waals surface area contributed by atoms with E-state index in [1.807, 2.05) is 0 Å². The minimum Gasteiger partial charge on any atom is -0.347 e. The molecule has 2 aliphatic heterocycles. The Bertz CT molecular complexity index is 1660. The first kappa shape index (κ1) is 29.8. The summed E-state index contributed by atoms with van der Waals surface area (Å²) < 4.78 is 41.4. The second-order valence-electron chi connectivity index (χ2n) is 10.9. The van der Waals surface area contributed by atoms with Gasteiger partial charge in [-0.3, -0.25) is 30.5 Å². The van der Waals surface area contributed by atoms with Gasteiger partial charge in [0.05, 0.1) is 32.3 Å². The Morgan fingerprint density at radius 1 is 1.09 bits per heavy atom. The fourth-order valence-corrected chi connectivity index (χ4v) is 6.78. The highest BCUT2D eigenvalue weighted by Gasteiger charge is 2.52. The van der Waals surface area contributed by atoms with Gasteiger partial charge in [-0.05, 0) is 36.2 Å². The Labute approximate surface area is 254 Å². The number of amidine groups is 1. The van der Waals surface area contributed by atoms with Gasteiger partial charge in [-0.1, -0.05) is 30.3 Å². The number of carbonyl (C=O) groups is 3. The van der Waals surface area contributed by atoms with E-state index in [-0.39, 0.29) is 41.1 Å². The quantitative estimate of drug-likeness (QED) is 0.154. The minimum absolute atomic E-state index is 0.0125. The third-order valence-electron chi connectivity index (χ3n) is 8.11. The molecule has 0 radical (unpaired) electrons. The number of thiophene rings is 1. The van der Waals surface area contributed by atoms with Gasteiger partial charge >= 0.3 is 0 Å². The first-order valence-corrected chi connectivity index (χ1v) is 14.8. The van der Waals surface area contributed by atoms with Gasteiger partial charge in [0.25, 0.3) is 11.8 Å². The van der Waals surface area contributed by atoms with Crippen molar-refractivity contribution in [3.8, 4) is 11.1 Å². The summed E-state index contributed by atoms with van der Waals surface area (Å²) in [5.41, 5.74) is 2.66. The Kier molecular flexibility index (Phi) is 7.70. The summed E-state index contributed by atoms with van der Waals surface area (Å²) in [5, 5.41) is 23.8. The predicted molar refractivity (Wildman–Crippen MR) is 155 cm³/mol. The van der Waals surface area contributed by atoms with Crippen LogP contribution in [0.5, 0.6) is 0 Å². The molecule has 1 aliphatic carbocycles. The van der Waals surface area contributed by atoms with Gasteiger partial charge in [0, 0.05) is 38.9 Å². The van der Waals surface area contributed by atoms with Crippen LogP contribution < -0.4 is 16.1 Å². The second kappa shape index (κ2) is 11.4. The lowest BCUT2D eigenvalue weighted by Crippen LogP contribution is -2.49. The number of amides is 3. The van der Waals surface area contributed by atoms with Crippen LogP contribution in [0.25, 0.3) is 11.1 Å². The highest BCUT2D eigenvalue weighted by Crippen LogP contribution is 2.51. The van der Waals surface area contributed by atoms with Crippen LogP contribution in [0.15, 0.2) is 53.9 Å². The third kappa shape index (κ3) is 5.23. The fraction of sp³-hybridized carbons (Fsp3) is 0.333. The van der Waals surface area contributed by atoms with Gasteiger partial charge in [0.1, 0.15) is 11.9 Å². The van der Waals surface area contributed by atoms with Crippen molar-refractivity contribution in [3.05, 3.63) is 81.0 Å². The normalized spacial score (nSPS) is 19.7. The van der Waals surface area contributed by atoms with Crippen LogP contribution in [0, 0.1) is 5.41 Å². The number of halogens is 2. The minimum atomic E-state index is -3.18. The largest absolute Gasteiger partial charge is 0.347 e. The number of hydroxylamine groups is 1. The number of fused-ring (bicyclic) bond motifs is 3. The highest BCUT2D eigenvalue weighted by molar-refractivity contribution is 7.10. The average molecular weight is 626 g/mol. The molecule has 6 rings (SSSR count). The summed E-state index contributed by atoms with van der Waals surface area (Å²) in [6.07, 6.45) is 0.0957. The van der Waals surface area contributed by atoms with E-state index in [2.05, 4.69) is 10.6 Å². The van der Waals surface area contributed by atoms with Crippen molar-refractivity contribution in [2.75, 3.05) is 26.3 Å². The first-order chi connectivity index (χ1) is 21.0. The molecule has 3 aromatic rings. The molecular formula is C30H29F2N5O6S. The predicted octanol–water partition coefficient (Wildman–Crippen LogP) is 3.12. The van der Waals surface area contributed by atoms with Crippen LogP contribution in [0.3, 0.4) is 0 Å². The van der Waals surface area contributed by atoms with E-state index in [0.29, 0.717) is 24.3 Å². The second-order valence-corrected chi connectivity index (χ2v) is 11.8. The van der Waals surface area contributed by atoms with Crippen molar-refractivity contribution < 1.29 is 37.8 Å². The molecule has 3 amide bonds. The van der Waals surface area contributed by atoms with E-state index in [0.717, 1.165) is 4.88 Å². The Balaban J connectivity index is 1.14. The summed E-state index contributed by atoms with van der Waals surface area (Å²) in [4.78, 5) is 41.9. The molecule has 0 unspecified atom stereocenters. The topological polar surface area (TPSA) is 153 Å². The molecule has 3 aliphatic rings. The number of ether oxygens (including phenoxy) is 2. The first-order valence-electron chi connectivity index (χ1n) is 13.9. The van der Waals surface area contributed by atoms with Crippen LogP contribution in [-0.4, -0.2) is 71.8 Å². The summed E-state index contributed by atoms with van der Waals surface area (Å²) in [7, 11) is 0. The van der Waals surface area contributed by atoms with Crippen LogP contribution in [0.2, 0.25) is 0 Å². The van der Waals surface area contributed by atoms with E-state index in [9.17, 15) is 23.2 Å². The van der Waals surface area contributed by atoms with Gasteiger partial charge < -0.3 is 25.0 Å². The van der Waals surface area contributed by atoms with Crippen LogP contribution >= 0.6 is 11.3 Å². The van der Waals surface area contributed by atoms with Crippen molar-refractivity contribution in [2.24, 2.45) is 0 Å². The monoisotopic (exact) mass is 625 g/mol. The smallest absolute Gasteiger partial charge is 0.299 e. The van der Waals surface area contributed by atoms with E-state index >= 15 is 0 Å². The van der Waals surface area contributed by atoms with Crippen molar-refractivity contribution in [1.29, 1.82) is 5.41 Å². The van der Waals surface area contributed by atoms with Crippen molar-refractivity contribution in [1.82, 2.24) is 21.0 Å². The molecule has 3 heterocycles. The summed E-state index contributed by atoms with van der Waals surface area (Å²) in [6, 6.07) is 10.3. The number of likely N-dealkylation sites (tertiary alicyclic amines) is 1. The van der Waals surface area contributed by atoms with Crippen molar-refractivity contribution in [3.63, 3.8) is 0 Å². The Hall–Kier alpha value is -4.24. The maximum atomic E-state index is 14.9. The molecule has 5 N–H and O–H groups in total. The number of carbonyl (C=O) groups excluding carboxylic acids is 3. The maximum Gasteiger partial charge on any atom is 0.299 e. The molecule has 2 saturated heterocycles. The van der Waals surface area contributed by atoms with Gasteiger partial charge in [0.2, 0.25) is 11.8 Å². The van der Waals surface area contributed by atoms with Gasteiger partial charge in [0.15, 0.2) is 5.79 Å². The number of nitrogens with one attached hydrogen (secondary N) is 4. The summed E-state index contributed by atoms with van der Waals surface area (Å²) >= 11 is 1.30. The zero-order valence-electron chi connectivity index (χ0n) is 23.5. The standard InChI is InChI=1S/C30H29F2N5O6S/c1-16(24-11-18(14-44-24)26(33)36-41)35-28(40)23-12-29(42-8-9-43-29)15-37(23)25(38)13-34-27(39)17-6-7-22-20(10-17)19-4-2-3-5-21(19)30(22,31)32/h2-7,10-11,14,16,23,41H,8-9,12-13,15H2,1H3,(H2,33,36)(H,34,39)(H,35,40)/t16-,23+/m1/s1. The number of hydrogen-bond acceptors (Lipinski definition) is 8. The van der Waals surface area contributed by atoms with Crippen LogP contribution in [0.1, 0.15) is 51.3 Å². The van der Waals surface area contributed by atoms with Gasteiger partial charge in [-0.2, -0.15) is 8.78 Å². The van der Waals surface area contributed by atoms with Crippen molar-refractivity contribution >= 4 is 34.9 Å². The van der Waals surface area contributed by atoms with E-state index < -0.39 is 48.1 Å². The highest BCUT2D eigenvalue weighted by atomic mass is 32.1. The average Bonchev–Trinajstić information content (AvgIpc) is 3.82. The molecule has 2 fully saturated rings. The molecule has 230 valence electrons. The summed E-state index contributed by atoms with van der Waals surface area (Å²) in [5.74, 6) is -6.10. The Morgan fingerprint density at radius 3 is 2.57 bits per heavy atom. The number of hydrogen-bond donors (Lipinski definition) is 5. The van der Waals surface area contributed by atoms with E-state index in [1.165, 1.54) is 46.6 Å². The lowest BCUT2D eigenvalue weighted by molar-refractivity contribution is -0.152. The van der Waals surface area contributed by atoms with Crippen molar-refractivity contribution in [2.45, 2.75) is 37.1 Å². The molecular weight excluding hydrogens is 596 g/mol. The Morgan fingerprint density at radius 2 is 1.82 bits per heavy atom. The van der Waals surface area contributed by atoms with E-state index in [4.69, 9.17) is 20.1 Å². The number of alkyl halides is 2. The number of nitrogens with zero attached hydrogens (tertiary/aromatic N) is 1. The third-order valence-corrected chi connectivity index (χ3v) is 9.23. The molecule has 44 heavy (non-hydrogen) atoms. The number of benzene rings is 2. The van der Waals surface area contributed by atoms with Gasteiger partial charge in [-0.15, -0.1) is 11.3 Å². The molecule has 11 nitrogen and oxygen atoms in total. The van der Waals surface area contributed by atoms with E-state index in [1.54, 1.807) is 36.0 Å². The molecule has 2 atom stereocenters. The maximum absolute atomic E-state index is 14.9. The lowest BCUT2D eigenvalue weighted by Gasteiger charge is -2.25. The zero-order chi connectivity index (χ0) is 31.2. The molecule has 1 aromatic heterocycles. The molecule has 14 heteroatoms. The molecule has 0 saturated carbocycles. The summed E-state index contributed by atoms with van der Waals surface area (Å²) in [6.45, 7) is 1.93. The zero-order valence-corrected chi connectivity index (χ0v) is 24.3.